The number of benzene rings is 1. The highest BCUT2D eigenvalue weighted by molar-refractivity contribution is 9.10. The molecule has 0 radical (unpaired) electrons. The van der Waals surface area contributed by atoms with Gasteiger partial charge < -0.3 is 5.32 Å². The maximum atomic E-state index is 13.2. The molecule has 0 bridgehead atoms. The van der Waals surface area contributed by atoms with Crippen molar-refractivity contribution in [3.63, 3.8) is 0 Å². The van der Waals surface area contributed by atoms with Gasteiger partial charge in [0.25, 0.3) is 0 Å². The third-order valence-corrected chi connectivity index (χ3v) is 4.22. The molecule has 88 valence electrons. The SMILES string of the molecule is Fc1cccc(CNCC(Cl)C2CC2)c1Br. The minimum Gasteiger partial charge on any atom is -0.311 e. The number of alkyl halides is 1. The lowest BCUT2D eigenvalue weighted by Gasteiger charge is -2.10. The lowest BCUT2D eigenvalue weighted by Crippen LogP contribution is -2.24. The molecule has 0 amide bonds. The summed E-state index contributed by atoms with van der Waals surface area (Å²) >= 11 is 9.41. The Labute approximate surface area is 109 Å². The second kappa shape index (κ2) is 5.48. The van der Waals surface area contributed by atoms with Crippen LogP contribution in [0.3, 0.4) is 0 Å². The van der Waals surface area contributed by atoms with E-state index in [2.05, 4.69) is 21.2 Å². The molecule has 1 nitrogen and oxygen atoms in total. The van der Waals surface area contributed by atoms with E-state index in [1.165, 1.54) is 18.9 Å². The summed E-state index contributed by atoms with van der Waals surface area (Å²) in [6.45, 7) is 1.43. The number of nitrogens with one attached hydrogen (secondary N) is 1. The van der Waals surface area contributed by atoms with Gasteiger partial charge in [0.1, 0.15) is 5.82 Å². The second-order valence-corrected chi connectivity index (χ2v) is 5.55. The Hall–Kier alpha value is -0.120. The van der Waals surface area contributed by atoms with Gasteiger partial charge in [0.15, 0.2) is 0 Å². The maximum Gasteiger partial charge on any atom is 0.137 e. The van der Waals surface area contributed by atoms with E-state index in [4.69, 9.17) is 11.6 Å². The highest BCUT2D eigenvalue weighted by Crippen LogP contribution is 2.35. The number of hydrogen-bond donors (Lipinski definition) is 1. The predicted octanol–water partition coefficient (Wildman–Crippen LogP) is 3.70. The zero-order valence-corrected chi connectivity index (χ0v) is 11.2. The van der Waals surface area contributed by atoms with Gasteiger partial charge in [0.05, 0.1) is 4.47 Å². The van der Waals surface area contributed by atoms with Gasteiger partial charge in [-0.25, -0.2) is 4.39 Å². The molecule has 2 rings (SSSR count). The lowest BCUT2D eigenvalue weighted by molar-refractivity contribution is 0.600. The first-order valence-corrected chi connectivity index (χ1v) is 6.69. The van der Waals surface area contributed by atoms with Crippen LogP contribution in [-0.4, -0.2) is 11.9 Å². The number of rotatable bonds is 5. The fourth-order valence-corrected chi connectivity index (χ4v) is 2.42. The van der Waals surface area contributed by atoms with Gasteiger partial charge >= 0.3 is 0 Å². The van der Waals surface area contributed by atoms with Crippen molar-refractivity contribution in [2.24, 2.45) is 5.92 Å². The Morgan fingerprint density at radius 3 is 2.94 bits per heavy atom. The molecule has 0 spiro atoms. The van der Waals surface area contributed by atoms with Crippen molar-refractivity contribution >= 4 is 27.5 Å². The van der Waals surface area contributed by atoms with Crippen molar-refractivity contribution in [1.29, 1.82) is 0 Å². The molecule has 1 saturated carbocycles. The van der Waals surface area contributed by atoms with Crippen LogP contribution in [0, 0.1) is 11.7 Å². The van der Waals surface area contributed by atoms with Crippen molar-refractivity contribution in [2.75, 3.05) is 6.54 Å². The topological polar surface area (TPSA) is 12.0 Å². The molecule has 0 saturated heterocycles. The zero-order valence-electron chi connectivity index (χ0n) is 8.85. The summed E-state index contributed by atoms with van der Waals surface area (Å²) in [6, 6.07) is 5.07. The van der Waals surface area contributed by atoms with Gasteiger partial charge in [-0.3, -0.25) is 0 Å². The Bertz CT molecular complexity index is 368. The summed E-state index contributed by atoms with van der Waals surface area (Å²) in [5.41, 5.74) is 0.930. The van der Waals surface area contributed by atoms with Crippen LogP contribution in [0.2, 0.25) is 0 Å². The second-order valence-electron chi connectivity index (χ2n) is 4.20. The molecule has 0 heterocycles. The fraction of sp³-hybridized carbons (Fsp3) is 0.500. The molecule has 16 heavy (non-hydrogen) atoms. The summed E-state index contributed by atoms with van der Waals surface area (Å²) < 4.78 is 13.7. The highest BCUT2D eigenvalue weighted by atomic mass is 79.9. The summed E-state index contributed by atoms with van der Waals surface area (Å²) in [4.78, 5) is 0. The molecule has 0 aliphatic heterocycles. The standard InChI is InChI=1S/C12H14BrClFN/c13-12-9(2-1-3-11(12)15)6-16-7-10(14)8-4-5-8/h1-3,8,10,16H,4-7H2. The normalized spacial score (nSPS) is 17.4. The Morgan fingerprint density at radius 1 is 1.50 bits per heavy atom. The van der Waals surface area contributed by atoms with Crippen molar-refractivity contribution in [2.45, 2.75) is 24.8 Å². The Morgan fingerprint density at radius 2 is 2.25 bits per heavy atom. The lowest BCUT2D eigenvalue weighted by atomic mass is 10.2. The van der Waals surface area contributed by atoms with Crippen molar-refractivity contribution < 1.29 is 4.39 Å². The van der Waals surface area contributed by atoms with Crippen molar-refractivity contribution in [1.82, 2.24) is 5.32 Å². The van der Waals surface area contributed by atoms with E-state index in [1.54, 1.807) is 6.07 Å². The largest absolute Gasteiger partial charge is 0.311 e. The molecule has 0 aromatic heterocycles. The van der Waals surface area contributed by atoms with Gasteiger partial charge in [0.2, 0.25) is 0 Å². The third-order valence-electron chi connectivity index (χ3n) is 2.82. The predicted molar refractivity (Wildman–Crippen MR) is 68.2 cm³/mol. The summed E-state index contributed by atoms with van der Waals surface area (Å²) in [6.07, 6.45) is 2.50. The van der Waals surface area contributed by atoms with Gasteiger partial charge in [-0.15, -0.1) is 11.6 Å². The van der Waals surface area contributed by atoms with E-state index in [1.807, 2.05) is 6.07 Å². The average Bonchev–Trinajstić information content (AvgIpc) is 3.07. The van der Waals surface area contributed by atoms with Crippen LogP contribution in [0.4, 0.5) is 4.39 Å². The molecule has 1 N–H and O–H groups in total. The first kappa shape index (κ1) is 12.3. The van der Waals surface area contributed by atoms with Crippen LogP contribution < -0.4 is 5.32 Å². The average molecular weight is 307 g/mol. The van der Waals surface area contributed by atoms with E-state index < -0.39 is 0 Å². The van der Waals surface area contributed by atoms with Crippen LogP contribution in [0.1, 0.15) is 18.4 Å². The monoisotopic (exact) mass is 305 g/mol. The van der Waals surface area contributed by atoms with Gasteiger partial charge in [-0.2, -0.15) is 0 Å². The molecular formula is C12H14BrClFN. The Kier molecular flexibility index (Phi) is 4.22. The summed E-state index contributed by atoms with van der Waals surface area (Å²) in [5.74, 6) is 0.467. The van der Waals surface area contributed by atoms with E-state index >= 15 is 0 Å². The van der Waals surface area contributed by atoms with Gasteiger partial charge in [-0.1, -0.05) is 12.1 Å². The van der Waals surface area contributed by atoms with Crippen LogP contribution in [-0.2, 0) is 6.54 Å². The molecule has 1 aliphatic carbocycles. The van der Waals surface area contributed by atoms with Crippen LogP contribution in [0.5, 0.6) is 0 Å². The third kappa shape index (κ3) is 3.19. The minimum absolute atomic E-state index is 0.215. The molecular weight excluding hydrogens is 292 g/mol. The van der Waals surface area contributed by atoms with E-state index in [9.17, 15) is 4.39 Å². The molecule has 1 aromatic carbocycles. The number of hydrogen-bond acceptors (Lipinski definition) is 1. The summed E-state index contributed by atoms with van der Waals surface area (Å²) in [5, 5.41) is 3.48. The van der Waals surface area contributed by atoms with Crippen LogP contribution >= 0.6 is 27.5 Å². The van der Waals surface area contributed by atoms with E-state index in [0.29, 0.717) is 16.9 Å². The zero-order chi connectivity index (χ0) is 11.5. The first-order valence-electron chi connectivity index (χ1n) is 5.46. The molecule has 1 fully saturated rings. The highest BCUT2D eigenvalue weighted by Gasteiger charge is 2.29. The maximum absolute atomic E-state index is 13.2. The number of halogens is 3. The van der Waals surface area contributed by atoms with Crippen molar-refractivity contribution in [3.05, 3.63) is 34.1 Å². The molecule has 1 aliphatic rings. The first-order chi connectivity index (χ1) is 7.68. The Balaban J connectivity index is 1.82. The fourth-order valence-electron chi connectivity index (χ4n) is 1.65. The molecule has 4 heteroatoms. The molecule has 1 aromatic rings. The van der Waals surface area contributed by atoms with Crippen LogP contribution in [0.25, 0.3) is 0 Å². The molecule has 1 unspecified atom stereocenters. The minimum atomic E-state index is -0.219. The smallest absolute Gasteiger partial charge is 0.137 e. The van der Waals surface area contributed by atoms with E-state index in [-0.39, 0.29) is 11.2 Å². The van der Waals surface area contributed by atoms with Gasteiger partial charge in [0, 0.05) is 18.5 Å². The van der Waals surface area contributed by atoms with Crippen LogP contribution in [0.15, 0.2) is 22.7 Å². The van der Waals surface area contributed by atoms with Crippen molar-refractivity contribution in [3.8, 4) is 0 Å². The summed E-state index contributed by atoms with van der Waals surface area (Å²) in [7, 11) is 0. The molecule has 1 atom stereocenters. The van der Waals surface area contributed by atoms with E-state index in [0.717, 1.165) is 12.1 Å². The quantitative estimate of drug-likeness (QED) is 0.818. The van der Waals surface area contributed by atoms with Gasteiger partial charge in [-0.05, 0) is 46.3 Å².